The molecule has 0 bridgehead atoms. The predicted molar refractivity (Wildman–Crippen MR) is 112 cm³/mol. The molecule has 168 valence electrons. The molecule has 1 aliphatic rings. The number of halogens is 4. The number of aryl methyl sites for hydroxylation is 1. The van der Waals surface area contributed by atoms with Crippen LogP contribution in [0.2, 0.25) is 5.02 Å². The van der Waals surface area contributed by atoms with E-state index in [1.807, 2.05) is 4.90 Å². The largest absolute Gasteiger partial charge is 0.478 e. The number of aromatic nitrogens is 1. The van der Waals surface area contributed by atoms with Crippen LogP contribution in [0.5, 0.6) is 0 Å². The molecule has 2 aromatic heterocycles. The number of hydrogen-bond acceptors (Lipinski definition) is 6. The number of rotatable bonds is 5. The number of aromatic carboxylic acids is 1. The number of pyridine rings is 1. The smallest absolute Gasteiger partial charge is 0.417 e. The number of anilines is 2. The zero-order valence-corrected chi connectivity index (χ0v) is 18.3. The molecule has 0 radical (unpaired) electrons. The summed E-state index contributed by atoms with van der Waals surface area (Å²) in [6, 6.07) is 0.856. The Kier molecular flexibility index (Phi) is 6.77. The van der Waals surface area contributed by atoms with E-state index < -0.39 is 17.7 Å². The zero-order valence-electron chi connectivity index (χ0n) is 16.7. The highest BCUT2D eigenvalue weighted by atomic mass is 35.5. The number of nitrogens with one attached hydrogen (secondary N) is 1. The van der Waals surface area contributed by atoms with E-state index in [0.29, 0.717) is 36.7 Å². The number of alkyl halides is 3. The average Bonchev–Trinajstić information content (AvgIpc) is 2.95. The third kappa shape index (κ3) is 5.28. The van der Waals surface area contributed by atoms with E-state index in [1.165, 1.54) is 11.3 Å². The highest BCUT2D eigenvalue weighted by Gasteiger charge is 2.32. The second kappa shape index (κ2) is 9.01. The summed E-state index contributed by atoms with van der Waals surface area (Å²) in [6.07, 6.45) is -3.76. The maximum absolute atomic E-state index is 12.8. The summed E-state index contributed by atoms with van der Waals surface area (Å²) >= 11 is 7.23. The quantitative estimate of drug-likeness (QED) is 0.681. The second-order valence-corrected chi connectivity index (χ2v) is 8.76. The number of piperazine rings is 1. The number of thiophene rings is 1. The van der Waals surface area contributed by atoms with Crippen molar-refractivity contribution in [3.05, 3.63) is 38.9 Å². The van der Waals surface area contributed by atoms with Crippen molar-refractivity contribution in [2.45, 2.75) is 20.0 Å². The lowest BCUT2D eigenvalue weighted by molar-refractivity contribution is -0.137. The van der Waals surface area contributed by atoms with Crippen LogP contribution in [-0.4, -0.2) is 59.6 Å². The number of hydrogen-bond donors (Lipinski definition) is 2. The first-order valence-corrected chi connectivity index (χ1v) is 10.5. The summed E-state index contributed by atoms with van der Waals surface area (Å²) in [5, 5.41) is 12.3. The fourth-order valence-corrected chi connectivity index (χ4v) is 4.63. The molecule has 2 N–H and O–H groups in total. The Labute approximate surface area is 185 Å². The fourth-order valence-electron chi connectivity index (χ4n) is 3.28. The van der Waals surface area contributed by atoms with E-state index in [2.05, 4.69) is 10.3 Å². The van der Waals surface area contributed by atoms with Gasteiger partial charge in [-0.05, 0) is 25.5 Å². The average molecular weight is 477 g/mol. The first-order valence-electron chi connectivity index (χ1n) is 9.30. The van der Waals surface area contributed by atoms with Crippen molar-refractivity contribution in [3.8, 4) is 0 Å². The first-order chi connectivity index (χ1) is 14.5. The van der Waals surface area contributed by atoms with Crippen LogP contribution < -0.4 is 10.2 Å². The maximum atomic E-state index is 12.8. The Morgan fingerprint density at radius 2 is 1.90 bits per heavy atom. The minimum absolute atomic E-state index is 0.0665. The highest BCUT2D eigenvalue weighted by molar-refractivity contribution is 7.16. The van der Waals surface area contributed by atoms with Gasteiger partial charge in [0.25, 0.3) is 0 Å². The van der Waals surface area contributed by atoms with Gasteiger partial charge in [-0.1, -0.05) is 11.6 Å². The molecule has 31 heavy (non-hydrogen) atoms. The number of amides is 1. The summed E-state index contributed by atoms with van der Waals surface area (Å²) < 4.78 is 38.3. The van der Waals surface area contributed by atoms with Crippen molar-refractivity contribution in [2.75, 3.05) is 42.9 Å². The van der Waals surface area contributed by atoms with Crippen molar-refractivity contribution in [1.29, 1.82) is 0 Å². The van der Waals surface area contributed by atoms with Crippen LogP contribution in [0.1, 0.15) is 26.4 Å². The fraction of sp³-hybridized carbons (Fsp3) is 0.421. The molecule has 12 heteroatoms. The van der Waals surface area contributed by atoms with E-state index in [1.54, 1.807) is 18.7 Å². The molecule has 0 aromatic carbocycles. The molecule has 0 aliphatic carbocycles. The molecule has 1 amide bonds. The Morgan fingerprint density at radius 3 is 2.45 bits per heavy atom. The van der Waals surface area contributed by atoms with Crippen LogP contribution in [0.3, 0.4) is 0 Å². The molecule has 2 aromatic rings. The van der Waals surface area contributed by atoms with Gasteiger partial charge in [-0.15, -0.1) is 11.3 Å². The van der Waals surface area contributed by atoms with Crippen molar-refractivity contribution in [2.24, 2.45) is 0 Å². The van der Waals surface area contributed by atoms with Gasteiger partial charge in [0.2, 0.25) is 5.91 Å². The van der Waals surface area contributed by atoms with Crippen LogP contribution in [0.15, 0.2) is 12.3 Å². The number of carbonyl (C=O) groups excluding carboxylic acids is 1. The summed E-state index contributed by atoms with van der Waals surface area (Å²) in [5.41, 5.74) is -0.178. The Bertz CT molecular complexity index is 1000. The molecule has 1 fully saturated rings. The standard InChI is InChI=1S/C19H20ClF3N4O3S/c1-10-11(2)31-17(15(10)18(29)30)25-14(28)9-26-3-5-27(6-4-26)16-13(20)7-12(8-24-16)19(21,22)23/h7-8H,3-6,9H2,1-2H3,(H,25,28)(H,29,30). The van der Waals surface area contributed by atoms with Crippen molar-refractivity contribution in [3.63, 3.8) is 0 Å². The summed E-state index contributed by atoms with van der Waals surface area (Å²) in [5.74, 6) is -1.15. The summed E-state index contributed by atoms with van der Waals surface area (Å²) in [6.45, 7) is 5.37. The minimum atomic E-state index is -4.51. The topological polar surface area (TPSA) is 85.8 Å². The highest BCUT2D eigenvalue weighted by Crippen LogP contribution is 2.34. The lowest BCUT2D eigenvalue weighted by Gasteiger charge is -2.35. The molecule has 3 rings (SSSR count). The molecule has 3 heterocycles. The lowest BCUT2D eigenvalue weighted by Crippen LogP contribution is -2.49. The molecule has 0 saturated carbocycles. The molecular formula is C19H20ClF3N4O3S. The van der Waals surface area contributed by atoms with E-state index in [-0.39, 0.29) is 28.9 Å². The predicted octanol–water partition coefficient (Wildman–Crippen LogP) is 3.89. The molecule has 0 spiro atoms. The summed E-state index contributed by atoms with van der Waals surface area (Å²) in [7, 11) is 0. The van der Waals surface area contributed by atoms with Gasteiger partial charge >= 0.3 is 12.1 Å². The Hall–Kier alpha value is -2.37. The van der Waals surface area contributed by atoms with Gasteiger partial charge in [-0.2, -0.15) is 13.2 Å². The van der Waals surface area contributed by atoms with Gasteiger partial charge in [0, 0.05) is 37.3 Å². The van der Waals surface area contributed by atoms with Gasteiger partial charge in [-0.3, -0.25) is 9.69 Å². The van der Waals surface area contributed by atoms with E-state index in [9.17, 15) is 27.9 Å². The number of nitrogens with zero attached hydrogens (tertiary/aromatic N) is 3. The lowest BCUT2D eigenvalue weighted by atomic mass is 10.1. The maximum Gasteiger partial charge on any atom is 0.417 e. The normalized spacial score (nSPS) is 15.2. The van der Waals surface area contributed by atoms with Gasteiger partial charge in [-0.25, -0.2) is 9.78 Å². The molecule has 1 saturated heterocycles. The summed E-state index contributed by atoms with van der Waals surface area (Å²) in [4.78, 5) is 32.2. The third-order valence-corrected chi connectivity index (χ3v) is 6.44. The number of carboxylic acid groups (broad SMARTS) is 1. The monoisotopic (exact) mass is 476 g/mol. The van der Waals surface area contributed by atoms with E-state index in [4.69, 9.17) is 11.6 Å². The van der Waals surface area contributed by atoms with Gasteiger partial charge in [0.1, 0.15) is 10.8 Å². The van der Waals surface area contributed by atoms with Crippen LogP contribution in [0.25, 0.3) is 0 Å². The van der Waals surface area contributed by atoms with Crippen LogP contribution >= 0.6 is 22.9 Å². The van der Waals surface area contributed by atoms with Crippen LogP contribution in [0, 0.1) is 13.8 Å². The third-order valence-electron chi connectivity index (χ3n) is 5.04. The first kappa shape index (κ1) is 23.3. The zero-order chi connectivity index (χ0) is 22.9. The van der Waals surface area contributed by atoms with E-state index in [0.717, 1.165) is 17.1 Å². The number of carbonyl (C=O) groups is 2. The van der Waals surface area contributed by atoms with Gasteiger partial charge < -0.3 is 15.3 Å². The number of carboxylic acids is 1. The molecule has 7 nitrogen and oxygen atoms in total. The molecular weight excluding hydrogens is 457 g/mol. The second-order valence-electron chi connectivity index (χ2n) is 7.13. The molecule has 0 unspecified atom stereocenters. The van der Waals surface area contributed by atoms with Gasteiger partial charge in [0.05, 0.1) is 22.7 Å². The molecule has 1 aliphatic heterocycles. The Morgan fingerprint density at radius 1 is 1.26 bits per heavy atom. The van der Waals surface area contributed by atoms with Crippen molar-refractivity contribution < 1.29 is 27.9 Å². The van der Waals surface area contributed by atoms with E-state index >= 15 is 0 Å². The van der Waals surface area contributed by atoms with Crippen LogP contribution in [0.4, 0.5) is 24.0 Å². The SMILES string of the molecule is Cc1sc(NC(=O)CN2CCN(c3ncc(C(F)(F)F)cc3Cl)CC2)c(C(=O)O)c1C. The van der Waals surface area contributed by atoms with Crippen molar-refractivity contribution in [1.82, 2.24) is 9.88 Å². The van der Waals surface area contributed by atoms with Gasteiger partial charge in [0.15, 0.2) is 0 Å². The Balaban J connectivity index is 1.58. The van der Waals surface area contributed by atoms with Crippen molar-refractivity contribution >= 4 is 45.6 Å². The minimum Gasteiger partial charge on any atom is -0.478 e. The molecule has 0 atom stereocenters. The van der Waals surface area contributed by atoms with Crippen LogP contribution in [-0.2, 0) is 11.0 Å².